The van der Waals surface area contributed by atoms with E-state index in [1.807, 2.05) is 4.90 Å². The van der Waals surface area contributed by atoms with Crippen LogP contribution >= 0.6 is 0 Å². The van der Waals surface area contributed by atoms with Crippen molar-refractivity contribution in [3.8, 4) is 11.3 Å². The molecule has 0 radical (unpaired) electrons. The summed E-state index contributed by atoms with van der Waals surface area (Å²) in [6.45, 7) is 1.34. The number of halogens is 3. The molecule has 36 heavy (non-hydrogen) atoms. The molecule has 12 heteroatoms. The second-order valence-electron chi connectivity index (χ2n) is 8.20. The highest BCUT2D eigenvalue weighted by molar-refractivity contribution is 5.92. The molecular weight excluding hydrogens is 475 g/mol. The lowest BCUT2D eigenvalue weighted by Gasteiger charge is -2.37. The smallest absolute Gasteiger partial charge is 0.417 e. The zero-order valence-electron chi connectivity index (χ0n) is 19.2. The number of carbonyl (C=O) groups is 1. The minimum Gasteiger partial charge on any atom is -0.459 e. The van der Waals surface area contributed by atoms with Crippen molar-refractivity contribution in [1.82, 2.24) is 19.9 Å². The number of anilines is 3. The summed E-state index contributed by atoms with van der Waals surface area (Å²) < 4.78 is 47.6. The number of rotatable bonds is 4. The SMILES string of the molecule is CNc1nc(N)nc2nc(-c3c(N4CCN(C(=O)c5ccco5)CC4)cccc3C(F)(F)F)ccc12. The predicted molar refractivity (Wildman–Crippen MR) is 129 cm³/mol. The first kappa shape index (κ1) is 23.4. The van der Waals surface area contributed by atoms with Gasteiger partial charge >= 0.3 is 6.18 Å². The van der Waals surface area contributed by atoms with E-state index in [9.17, 15) is 18.0 Å². The highest BCUT2D eigenvalue weighted by Crippen LogP contribution is 2.42. The highest BCUT2D eigenvalue weighted by atomic mass is 19.4. The van der Waals surface area contributed by atoms with Crippen molar-refractivity contribution in [3.63, 3.8) is 0 Å². The first-order valence-corrected chi connectivity index (χ1v) is 11.2. The maximum absolute atomic E-state index is 14.1. The molecule has 1 fully saturated rings. The van der Waals surface area contributed by atoms with Crippen LogP contribution in [0.25, 0.3) is 22.3 Å². The van der Waals surface area contributed by atoms with Gasteiger partial charge in [0.2, 0.25) is 5.95 Å². The molecule has 5 rings (SSSR count). The van der Waals surface area contributed by atoms with Crippen LogP contribution in [0, 0.1) is 0 Å². The van der Waals surface area contributed by atoms with E-state index >= 15 is 0 Å². The number of aromatic nitrogens is 3. The van der Waals surface area contributed by atoms with Gasteiger partial charge in [-0.2, -0.15) is 23.1 Å². The quantitative estimate of drug-likeness (QED) is 0.437. The molecule has 9 nitrogen and oxygen atoms in total. The minimum absolute atomic E-state index is 0.0434. The van der Waals surface area contributed by atoms with E-state index in [1.54, 1.807) is 36.2 Å². The van der Waals surface area contributed by atoms with Gasteiger partial charge in [-0.3, -0.25) is 4.79 Å². The van der Waals surface area contributed by atoms with Crippen LogP contribution in [0.1, 0.15) is 16.1 Å². The van der Waals surface area contributed by atoms with Gasteiger partial charge in [0.1, 0.15) is 5.82 Å². The molecule has 0 saturated carbocycles. The second kappa shape index (κ2) is 9.02. The fourth-order valence-electron chi connectivity index (χ4n) is 4.37. The van der Waals surface area contributed by atoms with Crippen molar-refractivity contribution in [2.24, 2.45) is 0 Å². The normalized spacial score (nSPS) is 14.3. The van der Waals surface area contributed by atoms with Crippen molar-refractivity contribution >= 4 is 34.4 Å². The fraction of sp³-hybridized carbons (Fsp3) is 0.250. The lowest BCUT2D eigenvalue weighted by atomic mass is 9.99. The topological polar surface area (TPSA) is 113 Å². The monoisotopic (exact) mass is 497 g/mol. The first-order valence-electron chi connectivity index (χ1n) is 11.2. The van der Waals surface area contributed by atoms with Gasteiger partial charge in [-0.15, -0.1) is 0 Å². The molecular formula is C24H22F3N7O2. The Morgan fingerprint density at radius 2 is 1.81 bits per heavy atom. The molecule has 4 heterocycles. The molecule has 1 amide bonds. The third-order valence-corrected chi connectivity index (χ3v) is 6.06. The number of nitrogen functional groups attached to an aromatic ring is 1. The Bertz CT molecular complexity index is 1420. The summed E-state index contributed by atoms with van der Waals surface area (Å²) in [5, 5.41) is 3.43. The third-order valence-electron chi connectivity index (χ3n) is 6.06. The summed E-state index contributed by atoms with van der Waals surface area (Å²) in [7, 11) is 1.66. The Morgan fingerprint density at radius 3 is 2.47 bits per heavy atom. The van der Waals surface area contributed by atoms with Gasteiger partial charge in [0.15, 0.2) is 11.4 Å². The highest BCUT2D eigenvalue weighted by Gasteiger charge is 2.36. The fourth-order valence-corrected chi connectivity index (χ4v) is 4.37. The Kier molecular flexibility index (Phi) is 5.86. The van der Waals surface area contributed by atoms with Crippen molar-refractivity contribution in [2.45, 2.75) is 6.18 Å². The number of nitrogens with two attached hydrogens (primary N) is 1. The van der Waals surface area contributed by atoms with Gasteiger partial charge in [-0.1, -0.05) is 6.07 Å². The van der Waals surface area contributed by atoms with Crippen LogP contribution in [0.3, 0.4) is 0 Å². The molecule has 0 unspecified atom stereocenters. The van der Waals surface area contributed by atoms with Crippen LogP contribution in [0.2, 0.25) is 0 Å². The van der Waals surface area contributed by atoms with E-state index in [0.717, 1.165) is 6.07 Å². The number of hydrogen-bond acceptors (Lipinski definition) is 8. The lowest BCUT2D eigenvalue weighted by molar-refractivity contribution is -0.137. The lowest BCUT2D eigenvalue weighted by Crippen LogP contribution is -2.49. The number of piperazine rings is 1. The van der Waals surface area contributed by atoms with Crippen molar-refractivity contribution < 1.29 is 22.4 Å². The van der Waals surface area contributed by atoms with Gasteiger partial charge in [0.25, 0.3) is 5.91 Å². The zero-order chi connectivity index (χ0) is 25.4. The van der Waals surface area contributed by atoms with E-state index in [4.69, 9.17) is 10.2 Å². The van der Waals surface area contributed by atoms with E-state index in [0.29, 0.717) is 43.1 Å². The standard InChI is InChI=1S/C24H22F3N7O2/c1-29-20-14-7-8-16(30-21(14)32-23(28)31-20)19-15(24(25,26)27)4-2-5-17(19)33-9-11-34(12-10-33)22(35)18-6-3-13-36-18/h2-8,13H,9-12H2,1H3,(H3,28,29,30,31,32). The number of amides is 1. The van der Waals surface area contributed by atoms with E-state index in [2.05, 4.69) is 20.3 Å². The average molecular weight is 497 g/mol. The Balaban J connectivity index is 1.54. The largest absolute Gasteiger partial charge is 0.459 e. The number of alkyl halides is 3. The summed E-state index contributed by atoms with van der Waals surface area (Å²) in [6, 6.07) is 10.4. The molecule has 0 aliphatic carbocycles. The van der Waals surface area contributed by atoms with Gasteiger partial charge in [-0.25, -0.2) is 4.98 Å². The number of nitrogens with one attached hydrogen (secondary N) is 1. The van der Waals surface area contributed by atoms with Crippen molar-refractivity contribution in [1.29, 1.82) is 0 Å². The summed E-state index contributed by atoms with van der Waals surface area (Å²) in [5.74, 6) is 0.361. The summed E-state index contributed by atoms with van der Waals surface area (Å²) >= 11 is 0. The molecule has 1 aliphatic rings. The number of hydrogen-bond donors (Lipinski definition) is 2. The Hall–Kier alpha value is -4.35. The molecule has 1 saturated heterocycles. The number of furan rings is 1. The molecule has 1 aliphatic heterocycles. The molecule has 3 N–H and O–H groups in total. The van der Waals surface area contributed by atoms with Crippen LogP contribution in [0.4, 0.5) is 30.6 Å². The van der Waals surface area contributed by atoms with E-state index in [1.165, 1.54) is 18.4 Å². The van der Waals surface area contributed by atoms with Crippen LogP contribution in [0.5, 0.6) is 0 Å². The minimum atomic E-state index is -4.61. The van der Waals surface area contributed by atoms with E-state index in [-0.39, 0.29) is 34.5 Å². The molecule has 1 aromatic carbocycles. The molecule has 4 aromatic rings. The number of pyridine rings is 1. The number of carbonyl (C=O) groups excluding carboxylic acids is 1. The second-order valence-corrected chi connectivity index (χ2v) is 8.20. The molecule has 0 atom stereocenters. The third kappa shape index (κ3) is 4.25. The van der Waals surface area contributed by atoms with Crippen molar-refractivity contribution in [2.75, 3.05) is 49.2 Å². The van der Waals surface area contributed by atoms with E-state index < -0.39 is 11.7 Å². The number of fused-ring (bicyclic) bond motifs is 1. The number of benzene rings is 1. The van der Waals surface area contributed by atoms with Crippen LogP contribution < -0.4 is 16.0 Å². The summed E-state index contributed by atoms with van der Waals surface area (Å²) in [4.78, 5) is 28.7. The maximum Gasteiger partial charge on any atom is 0.417 e. The Morgan fingerprint density at radius 1 is 1.03 bits per heavy atom. The molecule has 186 valence electrons. The van der Waals surface area contributed by atoms with Gasteiger partial charge < -0.3 is 25.3 Å². The van der Waals surface area contributed by atoms with Crippen LogP contribution in [0.15, 0.2) is 53.1 Å². The average Bonchev–Trinajstić information content (AvgIpc) is 3.41. The van der Waals surface area contributed by atoms with Crippen molar-refractivity contribution in [3.05, 3.63) is 60.1 Å². The van der Waals surface area contributed by atoms with Gasteiger partial charge in [0.05, 0.1) is 22.9 Å². The van der Waals surface area contributed by atoms with Crippen LogP contribution in [-0.2, 0) is 6.18 Å². The zero-order valence-corrected chi connectivity index (χ0v) is 19.2. The van der Waals surface area contributed by atoms with Gasteiger partial charge in [0, 0.05) is 44.5 Å². The first-order chi connectivity index (χ1) is 17.3. The maximum atomic E-state index is 14.1. The Labute approximate surface area is 203 Å². The molecule has 3 aromatic heterocycles. The molecule has 0 bridgehead atoms. The summed E-state index contributed by atoms with van der Waals surface area (Å²) in [6.07, 6.45) is -3.19. The molecule has 0 spiro atoms. The summed E-state index contributed by atoms with van der Waals surface area (Å²) in [5.41, 5.74) is 5.58. The number of nitrogens with zero attached hydrogens (tertiary/aromatic N) is 5. The van der Waals surface area contributed by atoms with Gasteiger partial charge in [-0.05, 0) is 36.4 Å². The predicted octanol–water partition coefficient (Wildman–Crippen LogP) is 3.89. The van der Waals surface area contributed by atoms with Crippen LogP contribution in [-0.4, -0.2) is 59.0 Å².